The molecule has 0 atom stereocenters. The summed E-state index contributed by atoms with van der Waals surface area (Å²) in [6.07, 6.45) is 0. The van der Waals surface area contributed by atoms with Crippen LogP contribution in [0.2, 0.25) is 0 Å². The van der Waals surface area contributed by atoms with Gasteiger partial charge >= 0.3 is 0 Å². The Morgan fingerprint density at radius 1 is 1.50 bits per heavy atom. The zero-order valence-corrected chi connectivity index (χ0v) is 7.77. The van der Waals surface area contributed by atoms with Gasteiger partial charge in [0.2, 0.25) is 0 Å². The van der Waals surface area contributed by atoms with E-state index in [0.29, 0.717) is 6.61 Å². The summed E-state index contributed by atoms with van der Waals surface area (Å²) in [5.41, 5.74) is 2.38. The third kappa shape index (κ3) is 1.05. The molecule has 1 aliphatic heterocycles. The first-order chi connectivity index (χ1) is 5.59. The van der Waals surface area contributed by atoms with Crippen molar-refractivity contribution in [2.75, 3.05) is 6.61 Å². The quantitative estimate of drug-likeness (QED) is 0.634. The van der Waals surface area contributed by atoms with Gasteiger partial charge in [0.15, 0.2) is 0 Å². The molecule has 1 N–H and O–H groups in total. The standard InChI is InChI=1S/C9H14N2O/c1-6-10-7-4-12-5-9(2,3)8(7)11-6/h4-5H2,1-3H3,(H,10,11). The van der Waals surface area contributed by atoms with E-state index in [2.05, 4.69) is 23.8 Å². The Morgan fingerprint density at radius 2 is 2.25 bits per heavy atom. The first kappa shape index (κ1) is 7.80. The van der Waals surface area contributed by atoms with Gasteiger partial charge in [0.1, 0.15) is 5.82 Å². The highest BCUT2D eigenvalue weighted by Crippen LogP contribution is 2.29. The number of aromatic amines is 1. The van der Waals surface area contributed by atoms with Crippen molar-refractivity contribution in [1.82, 2.24) is 9.97 Å². The number of nitrogens with one attached hydrogen (secondary N) is 1. The molecule has 0 radical (unpaired) electrons. The highest BCUT2D eigenvalue weighted by Gasteiger charge is 2.31. The van der Waals surface area contributed by atoms with Gasteiger partial charge in [-0.25, -0.2) is 4.98 Å². The van der Waals surface area contributed by atoms with E-state index in [0.717, 1.165) is 18.1 Å². The van der Waals surface area contributed by atoms with Crippen LogP contribution in [0, 0.1) is 6.92 Å². The molecular formula is C9H14N2O. The zero-order valence-electron chi connectivity index (χ0n) is 7.77. The second-order valence-electron chi connectivity index (χ2n) is 4.03. The summed E-state index contributed by atoms with van der Waals surface area (Å²) < 4.78 is 5.45. The Balaban J connectivity index is 2.51. The van der Waals surface area contributed by atoms with Gasteiger partial charge in [-0.05, 0) is 6.92 Å². The highest BCUT2D eigenvalue weighted by atomic mass is 16.5. The molecule has 1 aliphatic rings. The maximum Gasteiger partial charge on any atom is 0.103 e. The normalized spacial score (nSPS) is 20.6. The van der Waals surface area contributed by atoms with E-state index in [1.54, 1.807) is 0 Å². The van der Waals surface area contributed by atoms with Crippen molar-refractivity contribution < 1.29 is 4.74 Å². The number of H-pyrrole nitrogens is 1. The Kier molecular flexibility index (Phi) is 1.51. The fourth-order valence-corrected chi connectivity index (χ4v) is 1.68. The summed E-state index contributed by atoms with van der Waals surface area (Å²) >= 11 is 0. The SMILES string of the molecule is Cc1nc2c([nH]1)COCC2(C)C. The lowest BCUT2D eigenvalue weighted by Gasteiger charge is -2.27. The maximum absolute atomic E-state index is 5.45. The molecule has 12 heavy (non-hydrogen) atoms. The van der Waals surface area contributed by atoms with Crippen LogP contribution in [0.5, 0.6) is 0 Å². The van der Waals surface area contributed by atoms with E-state index < -0.39 is 0 Å². The maximum atomic E-state index is 5.45. The summed E-state index contributed by atoms with van der Waals surface area (Å²) in [7, 11) is 0. The lowest BCUT2D eigenvalue weighted by atomic mass is 9.88. The van der Waals surface area contributed by atoms with E-state index >= 15 is 0 Å². The predicted molar refractivity (Wildman–Crippen MR) is 46.0 cm³/mol. The smallest absolute Gasteiger partial charge is 0.103 e. The lowest BCUT2D eigenvalue weighted by molar-refractivity contribution is 0.0605. The van der Waals surface area contributed by atoms with Gasteiger partial charge in [0.25, 0.3) is 0 Å². The molecule has 1 aromatic heterocycles. The molecule has 3 heteroatoms. The summed E-state index contributed by atoms with van der Waals surface area (Å²) in [6.45, 7) is 7.74. The minimum Gasteiger partial charge on any atom is -0.374 e. The Labute approximate surface area is 72.2 Å². The number of imidazole rings is 1. The van der Waals surface area contributed by atoms with Crippen molar-refractivity contribution >= 4 is 0 Å². The van der Waals surface area contributed by atoms with Gasteiger partial charge in [0.05, 0.1) is 24.6 Å². The molecule has 66 valence electrons. The number of aryl methyl sites for hydroxylation is 1. The van der Waals surface area contributed by atoms with Crippen LogP contribution >= 0.6 is 0 Å². The summed E-state index contributed by atoms with van der Waals surface area (Å²) in [5.74, 6) is 0.985. The third-order valence-corrected chi connectivity index (χ3v) is 2.25. The average molecular weight is 166 g/mol. The fraction of sp³-hybridized carbons (Fsp3) is 0.667. The van der Waals surface area contributed by atoms with Gasteiger partial charge in [-0.1, -0.05) is 13.8 Å². The van der Waals surface area contributed by atoms with Crippen molar-refractivity contribution in [3.8, 4) is 0 Å². The van der Waals surface area contributed by atoms with Crippen molar-refractivity contribution in [1.29, 1.82) is 0 Å². The van der Waals surface area contributed by atoms with E-state index in [1.807, 2.05) is 6.92 Å². The number of nitrogens with zero attached hydrogens (tertiary/aromatic N) is 1. The molecule has 0 amide bonds. The van der Waals surface area contributed by atoms with Gasteiger partial charge in [0, 0.05) is 5.41 Å². The molecular weight excluding hydrogens is 152 g/mol. The third-order valence-electron chi connectivity index (χ3n) is 2.25. The second-order valence-corrected chi connectivity index (χ2v) is 4.03. The second kappa shape index (κ2) is 2.33. The van der Waals surface area contributed by atoms with Crippen LogP contribution < -0.4 is 0 Å². The average Bonchev–Trinajstić information content (AvgIpc) is 2.30. The van der Waals surface area contributed by atoms with Gasteiger partial charge in [-0.2, -0.15) is 0 Å². The van der Waals surface area contributed by atoms with Crippen molar-refractivity contribution in [2.24, 2.45) is 0 Å². The molecule has 2 rings (SSSR count). The molecule has 1 aromatic rings. The fourth-order valence-electron chi connectivity index (χ4n) is 1.68. The van der Waals surface area contributed by atoms with Crippen molar-refractivity contribution in [3.05, 3.63) is 17.2 Å². The zero-order chi connectivity index (χ0) is 8.77. The molecule has 0 fully saturated rings. The van der Waals surface area contributed by atoms with Crippen LogP contribution in [0.25, 0.3) is 0 Å². The topological polar surface area (TPSA) is 37.9 Å². The molecule has 0 aromatic carbocycles. The van der Waals surface area contributed by atoms with Gasteiger partial charge < -0.3 is 9.72 Å². The van der Waals surface area contributed by atoms with Crippen LogP contribution in [0.1, 0.15) is 31.1 Å². The number of rotatable bonds is 0. The van der Waals surface area contributed by atoms with Crippen molar-refractivity contribution in [2.45, 2.75) is 32.8 Å². The molecule has 0 saturated heterocycles. The monoisotopic (exact) mass is 166 g/mol. The van der Waals surface area contributed by atoms with E-state index in [4.69, 9.17) is 4.74 Å². The molecule has 3 nitrogen and oxygen atoms in total. The van der Waals surface area contributed by atoms with Gasteiger partial charge in [-0.15, -0.1) is 0 Å². The predicted octanol–water partition coefficient (Wildman–Crippen LogP) is 1.53. The number of fused-ring (bicyclic) bond motifs is 1. The molecule has 0 saturated carbocycles. The molecule has 0 spiro atoms. The van der Waals surface area contributed by atoms with E-state index in [1.165, 1.54) is 5.69 Å². The van der Waals surface area contributed by atoms with Crippen LogP contribution in [0.3, 0.4) is 0 Å². The highest BCUT2D eigenvalue weighted by molar-refractivity contribution is 5.24. The number of ether oxygens (including phenoxy) is 1. The van der Waals surface area contributed by atoms with Crippen molar-refractivity contribution in [3.63, 3.8) is 0 Å². The molecule has 0 bridgehead atoms. The Hall–Kier alpha value is -0.830. The van der Waals surface area contributed by atoms with Crippen LogP contribution in [-0.2, 0) is 16.8 Å². The Bertz CT molecular complexity index is 301. The largest absolute Gasteiger partial charge is 0.374 e. The first-order valence-electron chi connectivity index (χ1n) is 4.23. The van der Waals surface area contributed by atoms with Crippen LogP contribution in [0.4, 0.5) is 0 Å². The number of hydrogen-bond donors (Lipinski definition) is 1. The summed E-state index contributed by atoms with van der Waals surface area (Å²) in [4.78, 5) is 7.68. The lowest BCUT2D eigenvalue weighted by Crippen LogP contribution is -2.30. The number of aromatic nitrogens is 2. The van der Waals surface area contributed by atoms with Gasteiger partial charge in [-0.3, -0.25) is 0 Å². The van der Waals surface area contributed by atoms with E-state index in [9.17, 15) is 0 Å². The van der Waals surface area contributed by atoms with E-state index in [-0.39, 0.29) is 5.41 Å². The summed E-state index contributed by atoms with van der Waals surface area (Å²) in [6, 6.07) is 0. The number of hydrogen-bond acceptors (Lipinski definition) is 2. The Morgan fingerprint density at radius 3 is 2.92 bits per heavy atom. The molecule has 2 heterocycles. The molecule has 0 aliphatic carbocycles. The van der Waals surface area contributed by atoms with Crippen LogP contribution in [-0.4, -0.2) is 16.6 Å². The van der Waals surface area contributed by atoms with Crippen LogP contribution in [0.15, 0.2) is 0 Å². The first-order valence-corrected chi connectivity index (χ1v) is 4.23. The summed E-state index contributed by atoms with van der Waals surface area (Å²) in [5, 5.41) is 0. The minimum absolute atomic E-state index is 0.0678. The minimum atomic E-state index is 0.0678. The molecule has 0 unspecified atom stereocenters.